The zero-order valence-electron chi connectivity index (χ0n) is 26.3. The van der Waals surface area contributed by atoms with E-state index in [1.165, 1.54) is 44.5 Å². The summed E-state index contributed by atoms with van der Waals surface area (Å²) in [5, 5.41) is 0. The van der Waals surface area contributed by atoms with Gasteiger partial charge in [-0.2, -0.15) is 0 Å². The highest BCUT2D eigenvalue weighted by Gasteiger charge is 2.46. The van der Waals surface area contributed by atoms with Crippen molar-refractivity contribution >= 4 is 0 Å². The van der Waals surface area contributed by atoms with Crippen LogP contribution in [0.25, 0.3) is 0 Å². The van der Waals surface area contributed by atoms with Crippen LogP contribution >= 0.6 is 0 Å². The molecule has 0 saturated carbocycles. The number of hydrogen-bond donors (Lipinski definition) is 0. The topological polar surface area (TPSA) is 0 Å². The van der Waals surface area contributed by atoms with E-state index in [9.17, 15) is 0 Å². The van der Waals surface area contributed by atoms with Crippen molar-refractivity contribution in [3.05, 3.63) is 105 Å². The third kappa shape index (κ3) is 4.94. The molecule has 0 radical (unpaired) electrons. The van der Waals surface area contributed by atoms with E-state index in [1.54, 1.807) is 0 Å². The van der Waals surface area contributed by atoms with E-state index in [-0.39, 0.29) is 27.1 Å². The minimum absolute atomic E-state index is 0.0363. The van der Waals surface area contributed by atoms with Crippen LogP contribution in [0.4, 0.5) is 0 Å². The lowest BCUT2D eigenvalue weighted by atomic mass is 9.54. The molecule has 37 heavy (non-hydrogen) atoms. The van der Waals surface area contributed by atoms with Crippen LogP contribution in [0.5, 0.6) is 0 Å². The number of hydrogen-bond acceptors (Lipinski definition) is 0. The van der Waals surface area contributed by atoms with Gasteiger partial charge in [0.1, 0.15) is 0 Å². The first kappa shape index (κ1) is 29.2. The molecule has 0 atom stereocenters. The average molecular weight is 497 g/mol. The number of benzene rings is 3. The van der Waals surface area contributed by atoms with Crippen molar-refractivity contribution in [2.24, 2.45) is 0 Å². The Hall–Kier alpha value is -2.34. The van der Waals surface area contributed by atoms with Crippen molar-refractivity contribution in [3.8, 4) is 0 Å². The van der Waals surface area contributed by atoms with Crippen LogP contribution in [0.2, 0.25) is 0 Å². The molecule has 0 spiro atoms. The molecule has 3 rings (SSSR count). The van der Waals surface area contributed by atoms with Gasteiger partial charge in [0.25, 0.3) is 0 Å². The van der Waals surface area contributed by atoms with Crippen molar-refractivity contribution in [1.29, 1.82) is 0 Å². The standard InChI is InChI=1S/C37H52/c1-25-29(33(3,4)5)30(34(6,7)8)26(2)32(31(25)35(9,10)27-21-17-15-18-22-27)37(13,14)36(11,12)28-23-19-16-20-24-28/h15-24H,1-14H3. The van der Waals surface area contributed by atoms with Gasteiger partial charge in [-0.25, -0.2) is 0 Å². The van der Waals surface area contributed by atoms with Crippen LogP contribution in [0.1, 0.15) is 128 Å². The third-order valence-electron chi connectivity index (χ3n) is 9.30. The van der Waals surface area contributed by atoms with Gasteiger partial charge in [-0.1, -0.05) is 144 Å². The van der Waals surface area contributed by atoms with Crippen molar-refractivity contribution in [2.45, 2.75) is 124 Å². The third-order valence-corrected chi connectivity index (χ3v) is 9.30. The van der Waals surface area contributed by atoms with Crippen LogP contribution in [-0.2, 0) is 27.1 Å². The maximum atomic E-state index is 2.48. The molecule has 0 N–H and O–H groups in total. The molecule has 0 amide bonds. The van der Waals surface area contributed by atoms with E-state index in [0.717, 1.165) is 0 Å². The average Bonchev–Trinajstić information content (AvgIpc) is 2.79. The van der Waals surface area contributed by atoms with E-state index in [1.807, 2.05) is 0 Å². The van der Waals surface area contributed by atoms with Crippen molar-refractivity contribution in [2.75, 3.05) is 0 Å². The molecule has 0 aliphatic rings. The molecule has 3 aromatic rings. The molecule has 0 heteroatoms. The molecule has 0 aliphatic heterocycles. The molecule has 0 aliphatic carbocycles. The summed E-state index contributed by atoms with van der Waals surface area (Å²) in [5.74, 6) is 0. The Labute approximate surface area is 228 Å². The van der Waals surface area contributed by atoms with Gasteiger partial charge in [-0.3, -0.25) is 0 Å². The molecule has 0 aromatic heterocycles. The normalized spacial score (nSPS) is 13.7. The molecule has 0 saturated heterocycles. The molecule has 0 unspecified atom stereocenters. The second kappa shape index (κ2) is 9.44. The lowest BCUT2D eigenvalue weighted by Crippen LogP contribution is -2.44. The van der Waals surface area contributed by atoms with Gasteiger partial charge in [-0.05, 0) is 80.0 Å². The fourth-order valence-electron chi connectivity index (χ4n) is 6.96. The second-order valence-corrected chi connectivity index (χ2v) is 14.9. The van der Waals surface area contributed by atoms with E-state index in [2.05, 4.69) is 158 Å². The molecule has 0 bridgehead atoms. The fraction of sp³-hybridized carbons (Fsp3) is 0.514. The quantitative estimate of drug-likeness (QED) is 0.329. The molecule has 200 valence electrons. The van der Waals surface area contributed by atoms with Gasteiger partial charge < -0.3 is 0 Å². The molecule has 0 nitrogen and oxygen atoms in total. The van der Waals surface area contributed by atoms with Crippen LogP contribution in [0, 0.1) is 13.8 Å². The first-order valence-corrected chi connectivity index (χ1v) is 14.1. The first-order chi connectivity index (χ1) is 16.8. The Morgan fingerprint density at radius 1 is 0.378 bits per heavy atom. The van der Waals surface area contributed by atoms with Crippen LogP contribution < -0.4 is 0 Å². The van der Waals surface area contributed by atoms with Gasteiger partial charge in [0.05, 0.1) is 0 Å². The van der Waals surface area contributed by atoms with Crippen molar-refractivity contribution in [1.82, 2.24) is 0 Å². The lowest BCUT2D eigenvalue weighted by molar-refractivity contribution is 0.295. The number of rotatable bonds is 5. The summed E-state index contributed by atoms with van der Waals surface area (Å²) >= 11 is 0. The second-order valence-electron chi connectivity index (χ2n) is 14.9. The highest BCUT2D eigenvalue weighted by molar-refractivity contribution is 5.63. The molecule has 0 heterocycles. The van der Waals surface area contributed by atoms with Crippen LogP contribution in [0.3, 0.4) is 0 Å². The van der Waals surface area contributed by atoms with Gasteiger partial charge >= 0.3 is 0 Å². The summed E-state index contributed by atoms with van der Waals surface area (Å²) in [6, 6.07) is 22.2. The summed E-state index contributed by atoms with van der Waals surface area (Å²) in [6.07, 6.45) is 0. The zero-order valence-corrected chi connectivity index (χ0v) is 26.3. The highest BCUT2D eigenvalue weighted by Crippen LogP contribution is 2.53. The van der Waals surface area contributed by atoms with E-state index in [4.69, 9.17) is 0 Å². The van der Waals surface area contributed by atoms with Crippen LogP contribution in [-0.4, -0.2) is 0 Å². The smallest absolute Gasteiger partial charge is 0.0152 e. The fourth-order valence-corrected chi connectivity index (χ4v) is 6.96. The maximum Gasteiger partial charge on any atom is 0.0152 e. The van der Waals surface area contributed by atoms with Crippen molar-refractivity contribution < 1.29 is 0 Å². The Balaban J connectivity index is 2.60. The predicted molar refractivity (Wildman–Crippen MR) is 164 cm³/mol. The monoisotopic (exact) mass is 496 g/mol. The van der Waals surface area contributed by atoms with E-state index in [0.29, 0.717) is 0 Å². The highest BCUT2D eigenvalue weighted by atomic mass is 14.5. The zero-order chi connectivity index (χ0) is 28.2. The summed E-state index contributed by atoms with van der Waals surface area (Å²) in [4.78, 5) is 0. The molecule has 0 fully saturated rings. The maximum absolute atomic E-state index is 2.48. The van der Waals surface area contributed by atoms with Gasteiger partial charge in [0, 0.05) is 5.41 Å². The Morgan fingerprint density at radius 3 is 1.11 bits per heavy atom. The minimum atomic E-state index is -0.147. The SMILES string of the molecule is Cc1c(C(C)(C)C)c(C(C)(C)C)c(C)c(C(C)(C)C(C)(C)c2ccccc2)c1C(C)(C)c1ccccc1. The largest absolute Gasteiger partial charge is 0.0622 e. The van der Waals surface area contributed by atoms with E-state index < -0.39 is 0 Å². The van der Waals surface area contributed by atoms with Gasteiger partial charge in [-0.15, -0.1) is 0 Å². The summed E-state index contributed by atoms with van der Waals surface area (Å²) in [7, 11) is 0. The van der Waals surface area contributed by atoms with Gasteiger partial charge in [0.15, 0.2) is 0 Å². The summed E-state index contributed by atoms with van der Waals surface area (Å²) in [6.45, 7) is 33.9. The van der Waals surface area contributed by atoms with E-state index >= 15 is 0 Å². The lowest BCUT2D eigenvalue weighted by Gasteiger charge is -2.49. The Morgan fingerprint density at radius 2 is 0.730 bits per heavy atom. The first-order valence-electron chi connectivity index (χ1n) is 14.1. The van der Waals surface area contributed by atoms with Gasteiger partial charge in [0.2, 0.25) is 0 Å². The van der Waals surface area contributed by atoms with Crippen LogP contribution in [0.15, 0.2) is 60.7 Å². The molecule has 3 aromatic carbocycles. The minimum Gasteiger partial charge on any atom is -0.0622 e. The van der Waals surface area contributed by atoms with Crippen molar-refractivity contribution in [3.63, 3.8) is 0 Å². The Kier molecular flexibility index (Phi) is 7.46. The Bertz CT molecular complexity index is 1240. The summed E-state index contributed by atoms with van der Waals surface area (Å²) in [5.41, 5.74) is 11.5. The predicted octanol–water partition coefficient (Wildman–Crippen LogP) is 10.5. The molecular weight excluding hydrogens is 444 g/mol. The summed E-state index contributed by atoms with van der Waals surface area (Å²) < 4.78 is 0. The molecular formula is C37H52.